The summed E-state index contributed by atoms with van der Waals surface area (Å²) in [6.45, 7) is 7.26. The van der Waals surface area contributed by atoms with Crippen LogP contribution in [0.4, 0.5) is 5.69 Å². The first-order chi connectivity index (χ1) is 19.4. The summed E-state index contributed by atoms with van der Waals surface area (Å²) in [6, 6.07) is 21.2. The van der Waals surface area contributed by atoms with Gasteiger partial charge in [-0.05, 0) is 67.6 Å². The van der Waals surface area contributed by atoms with Gasteiger partial charge in [-0.1, -0.05) is 61.5 Å². The highest BCUT2D eigenvalue weighted by atomic mass is 32.2. The molecule has 3 rings (SSSR count). The van der Waals surface area contributed by atoms with Gasteiger partial charge in [0.15, 0.2) is 0 Å². The zero-order valence-electron chi connectivity index (χ0n) is 24.8. The van der Waals surface area contributed by atoms with Crippen molar-refractivity contribution < 1.29 is 22.7 Å². The number of benzene rings is 3. The number of carbonyl (C=O) groups excluding carboxylic acids is 2. The maximum atomic E-state index is 14.2. The van der Waals surface area contributed by atoms with Crippen molar-refractivity contribution in [1.82, 2.24) is 10.2 Å². The van der Waals surface area contributed by atoms with E-state index in [4.69, 9.17) is 4.74 Å². The van der Waals surface area contributed by atoms with Gasteiger partial charge in [0.2, 0.25) is 21.8 Å². The van der Waals surface area contributed by atoms with E-state index in [1.165, 1.54) is 4.90 Å². The summed E-state index contributed by atoms with van der Waals surface area (Å²) in [5.41, 5.74) is 3.75. The van der Waals surface area contributed by atoms with Gasteiger partial charge in [-0.25, -0.2) is 8.42 Å². The van der Waals surface area contributed by atoms with Crippen LogP contribution in [0.25, 0.3) is 0 Å². The molecule has 0 saturated heterocycles. The molecular formula is C32H41N3O5S. The fourth-order valence-corrected chi connectivity index (χ4v) is 5.46. The van der Waals surface area contributed by atoms with Crippen molar-refractivity contribution in [3.63, 3.8) is 0 Å². The first-order valence-electron chi connectivity index (χ1n) is 13.7. The quantitative estimate of drug-likeness (QED) is 0.319. The second-order valence-electron chi connectivity index (χ2n) is 10.4. The summed E-state index contributed by atoms with van der Waals surface area (Å²) in [5, 5.41) is 3.04. The molecule has 0 spiro atoms. The number of nitrogens with one attached hydrogen (secondary N) is 1. The second kappa shape index (κ2) is 14.2. The van der Waals surface area contributed by atoms with Crippen LogP contribution >= 0.6 is 0 Å². The van der Waals surface area contributed by atoms with E-state index in [0.717, 1.165) is 39.2 Å². The lowest BCUT2D eigenvalue weighted by Gasteiger charge is -2.34. The Morgan fingerprint density at radius 1 is 0.951 bits per heavy atom. The van der Waals surface area contributed by atoms with Crippen molar-refractivity contribution in [2.24, 2.45) is 0 Å². The van der Waals surface area contributed by atoms with E-state index >= 15 is 0 Å². The number of hydrogen-bond acceptors (Lipinski definition) is 5. The summed E-state index contributed by atoms with van der Waals surface area (Å²) in [5.74, 6) is -0.164. The first-order valence-corrected chi connectivity index (χ1v) is 15.6. The van der Waals surface area contributed by atoms with E-state index in [2.05, 4.69) is 5.32 Å². The summed E-state index contributed by atoms with van der Waals surface area (Å²) in [7, 11) is -2.27. The molecule has 0 aliphatic heterocycles. The molecule has 0 radical (unpaired) electrons. The number of ether oxygens (including phenoxy) is 1. The summed E-state index contributed by atoms with van der Waals surface area (Å²) in [6.07, 6.45) is 2.08. The molecule has 0 heterocycles. The predicted octanol–water partition coefficient (Wildman–Crippen LogP) is 4.63. The number of nitrogens with zero attached hydrogens (tertiary/aromatic N) is 2. The Balaban J connectivity index is 2.10. The van der Waals surface area contributed by atoms with Crippen molar-refractivity contribution in [2.45, 2.75) is 59.2 Å². The number of aryl methyl sites for hydroxylation is 1. The van der Waals surface area contributed by atoms with Crippen LogP contribution in [0.1, 0.15) is 42.5 Å². The van der Waals surface area contributed by atoms with E-state index in [1.807, 2.05) is 82.3 Å². The molecule has 9 heteroatoms. The van der Waals surface area contributed by atoms with Crippen molar-refractivity contribution in [1.29, 1.82) is 0 Å². The number of carbonyl (C=O) groups is 2. The molecule has 0 aliphatic carbocycles. The number of amides is 2. The molecule has 3 aromatic carbocycles. The fourth-order valence-electron chi connectivity index (χ4n) is 4.56. The molecule has 0 unspecified atom stereocenters. The molecule has 1 N–H and O–H groups in total. The van der Waals surface area contributed by atoms with E-state index in [0.29, 0.717) is 11.4 Å². The van der Waals surface area contributed by atoms with E-state index in [9.17, 15) is 18.0 Å². The highest BCUT2D eigenvalue weighted by Crippen LogP contribution is 2.26. The third-order valence-electron chi connectivity index (χ3n) is 7.28. The molecule has 0 aliphatic rings. The molecule has 0 saturated carbocycles. The fraction of sp³-hybridized carbons (Fsp3) is 0.375. The molecule has 0 fully saturated rings. The number of anilines is 1. The third kappa shape index (κ3) is 8.57. The van der Waals surface area contributed by atoms with E-state index < -0.39 is 28.5 Å². The standard InChI is InChI=1S/C32H41N3O5S/c1-7-24(3)33-32(37)30(20-26-14-9-8-10-15-26)34(21-27-16-12-17-28(19-27)40-5)31(36)22-35(41(6,38)39)29-18-11-13-23(2)25(29)4/h8-19,24,30H,7,20-22H2,1-6H3,(H,33,37)/t24-,30-/m0/s1. The molecular weight excluding hydrogens is 538 g/mol. The molecule has 3 aromatic rings. The van der Waals surface area contributed by atoms with Gasteiger partial charge in [-0.3, -0.25) is 13.9 Å². The highest BCUT2D eigenvalue weighted by molar-refractivity contribution is 7.92. The Bertz CT molecular complexity index is 1440. The molecule has 41 heavy (non-hydrogen) atoms. The van der Waals surface area contributed by atoms with Crippen LogP contribution in [0.2, 0.25) is 0 Å². The number of rotatable bonds is 13. The number of hydrogen-bond donors (Lipinski definition) is 1. The minimum Gasteiger partial charge on any atom is -0.497 e. The van der Waals surface area contributed by atoms with Gasteiger partial charge in [0.25, 0.3) is 0 Å². The number of methoxy groups -OCH3 is 1. The van der Waals surface area contributed by atoms with Gasteiger partial charge in [0.05, 0.1) is 19.1 Å². The SMILES string of the molecule is CC[C@H](C)NC(=O)[C@H](Cc1ccccc1)N(Cc1cccc(OC)c1)C(=O)CN(c1cccc(C)c1C)S(C)(=O)=O. The van der Waals surface area contributed by atoms with Crippen LogP contribution < -0.4 is 14.4 Å². The van der Waals surface area contributed by atoms with Gasteiger partial charge in [-0.15, -0.1) is 0 Å². The average Bonchev–Trinajstić information content (AvgIpc) is 2.95. The van der Waals surface area contributed by atoms with Crippen molar-refractivity contribution in [3.05, 3.63) is 95.1 Å². The zero-order chi connectivity index (χ0) is 30.2. The van der Waals surface area contributed by atoms with Gasteiger partial charge in [0, 0.05) is 19.0 Å². The van der Waals surface area contributed by atoms with E-state index in [-0.39, 0.29) is 24.9 Å². The lowest BCUT2D eigenvalue weighted by Crippen LogP contribution is -2.54. The van der Waals surface area contributed by atoms with Crippen LogP contribution in [0, 0.1) is 13.8 Å². The maximum absolute atomic E-state index is 14.2. The highest BCUT2D eigenvalue weighted by Gasteiger charge is 2.33. The Labute approximate surface area is 244 Å². The van der Waals surface area contributed by atoms with Gasteiger partial charge in [0.1, 0.15) is 18.3 Å². The Morgan fingerprint density at radius 3 is 2.24 bits per heavy atom. The van der Waals surface area contributed by atoms with Crippen LogP contribution in [-0.2, 0) is 32.6 Å². The van der Waals surface area contributed by atoms with Crippen molar-refractivity contribution in [3.8, 4) is 5.75 Å². The monoisotopic (exact) mass is 579 g/mol. The summed E-state index contributed by atoms with van der Waals surface area (Å²) >= 11 is 0. The van der Waals surface area contributed by atoms with Gasteiger partial charge in [-0.2, -0.15) is 0 Å². The Hall–Kier alpha value is -3.85. The molecule has 0 aromatic heterocycles. The zero-order valence-corrected chi connectivity index (χ0v) is 25.6. The summed E-state index contributed by atoms with van der Waals surface area (Å²) in [4.78, 5) is 29.5. The lowest BCUT2D eigenvalue weighted by atomic mass is 10.0. The summed E-state index contributed by atoms with van der Waals surface area (Å²) < 4.78 is 32.6. The van der Waals surface area contributed by atoms with Crippen LogP contribution in [0.5, 0.6) is 5.75 Å². The molecule has 2 atom stereocenters. The Kier molecular flexibility index (Phi) is 10.9. The van der Waals surface area contributed by atoms with Crippen LogP contribution in [-0.4, -0.2) is 57.1 Å². The smallest absolute Gasteiger partial charge is 0.244 e. The van der Waals surface area contributed by atoms with Crippen molar-refractivity contribution >= 4 is 27.5 Å². The number of sulfonamides is 1. The van der Waals surface area contributed by atoms with Gasteiger partial charge < -0.3 is 15.0 Å². The third-order valence-corrected chi connectivity index (χ3v) is 8.41. The largest absolute Gasteiger partial charge is 0.497 e. The first kappa shape index (κ1) is 31.7. The van der Waals surface area contributed by atoms with Crippen molar-refractivity contribution in [2.75, 3.05) is 24.2 Å². The van der Waals surface area contributed by atoms with Gasteiger partial charge >= 0.3 is 0 Å². The topological polar surface area (TPSA) is 96.0 Å². The van der Waals surface area contributed by atoms with Crippen LogP contribution in [0.3, 0.4) is 0 Å². The van der Waals surface area contributed by atoms with E-state index in [1.54, 1.807) is 25.3 Å². The maximum Gasteiger partial charge on any atom is 0.244 e. The Morgan fingerprint density at radius 2 is 1.61 bits per heavy atom. The molecule has 0 bridgehead atoms. The minimum absolute atomic E-state index is 0.0891. The molecule has 220 valence electrons. The minimum atomic E-state index is -3.83. The molecule has 2 amide bonds. The molecule has 8 nitrogen and oxygen atoms in total. The van der Waals surface area contributed by atoms with Crippen LogP contribution in [0.15, 0.2) is 72.8 Å². The average molecular weight is 580 g/mol. The lowest BCUT2D eigenvalue weighted by molar-refractivity contribution is -0.140. The predicted molar refractivity (Wildman–Crippen MR) is 163 cm³/mol. The second-order valence-corrected chi connectivity index (χ2v) is 12.3. The normalized spacial score (nSPS) is 12.7.